The summed E-state index contributed by atoms with van der Waals surface area (Å²) in [6, 6.07) is 8.58. The van der Waals surface area contributed by atoms with Crippen molar-refractivity contribution in [1.29, 1.82) is 0 Å². The van der Waals surface area contributed by atoms with Gasteiger partial charge in [0, 0.05) is 40.9 Å². The molecule has 24 heavy (non-hydrogen) atoms. The molecule has 4 heteroatoms. The highest BCUT2D eigenvalue weighted by Gasteiger charge is 2.11. The number of fused-ring (bicyclic) bond motifs is 2. The first-order valence-corrected chi connectivity index (χ1v) is 8.50. The molecule has 4 aromatic heterocycles. The molecule has 2 N–H and O–H groups in total. The van der Waals surface area contributed by atoms with Crippen molar-refractivity contribution in [2.24, 2.45) is 0 Å². The van der Waals surface area contributed by atoms with Crippen LogP contribution in [0.25, 0.3) is 21.9 Å². The van der Waals surface area contributed by atoms with Crippen molar-refractivity contribution in [3.8, 4) is 0 Å². The molecular weight excluding hydrogens is 296 g/mol. The Balaban J connectivity index is 1.60. The molecule has 122 valence electrons. The molecule has 4 rings (SSSR count). The van der Waals surface area contributed by atoms with Crippen LogP contribution in [0.3, 0.4) is 0 Å². The molecule has 4 aromatic rings. The average molecular weight is 318 g/mol. The van der Waals surface area contributed by atoms with Crippen LogP contribution in [0.4, 0.5) is 0 Å². The third-order valence-electron chi connectivity index (χ3n) is 4.69. The second kappa shape index (κ2) is 5.78. The largest absolute Gasteiger partial charge is 0.360 e. The molecule has 4 nitrogen and oxygen atoms in total. The first-order valence-electron chi connectivity index (χ1n) is 8.50. The van der Waals surface area contributed by atoms with E-state index < -0.39 is 0 Å². The lowest BCUT2D eigenvalue weighted by Crippen LogP contribution is -1.99. The number of hydrogen-bond acceptors (Lipinski definition) is 2. The molecule has 0 aliphatic rings. The quantitative estimate of drug-likeness (QED) is 0.562. The number of aromatic amines is 2. The van der Waals surface area contributed by atoms with Crippen LogP contribution >= 0.6 is 0 Å². The van der Waals surface area contributed by atoms with Gasteiger partial charge in [0.2, 0.25) is 0 Å². The zero-order chi connectivity index (χ0) is 16.7. The fraction of sp³-hybridized carbons (Fsp3) is 0.300. The van der Waals surface area contributed by atoms with Gasteiger partial charge >= 0.3 is 0 Å². The first kappa shape index (κ1) is 14.9. The van der Waals surface area contributed by atoms with Gasteiger partial charge in [0.1, 0.15) is 0 Å². The van der Waals surface area contributed by atoms with Gasteiger partial charge in [-0.3, -0.25) is 9.97 Å². The van der Waals surface area contributed by atoms with Crippen molar-refractivity contribution >= 4 is 21.9 Å². The minimum atomic E-state index is 0.399. The van der Waals surface area contributed by atoms with Crippen LogP contribution in [-0.4, -0.2) is 19.9 Å². The summed E-state index contributed by atoms with van der Waals surface area (Å²) < 4.78 is 0. The van der Waals surface area contributed by atoms with E-state index in [2.05, 4.69) is 58.9 Å². The zero-order valence-corrected chi connectivity index (χ0v) is 14.3. The maximum absolute atomic E-state index is 4.55. The second-order valence-electron chi connectivity index (χ2n) is 6.93. The predicted molar refractivity (Wildman–Crippen MR) is 98.4 cm³/mol. The van der Waals surface area contributed by atoms with Gasteiger partial charge in [-0.2, -0.15) is 0 Å². The Bertz CT molecular complexity index is 993. The summed E-state index contributed by atoms with van der Waals surface area (Å²) in [4.78, 5) is 15.9. The van der Waals surface area contributed by atoms with Crippen LogP contribution in [0, 0.1) is 0 Å². The van der Waals surface area contributed by atoms with E-state index in [1.807, 2.05) is 24.7 Å². The Kier molecular flexibility index (Phi) is 3.60. The highest BCUT2D eigenvalue weighted by atomic mass is 14.8. The fourth-order valence-corrected chi connectivity index (χ4v) is 3.20. The van der Waals surface area contributed by atoms with E-state index in [1.165, 1.54) is 22.2 Å². The molecule has 0 fully saturated rings. The molecule has 4 heterocycles. The van der Waals surface area contributed by atoms with Crippen LogP contribution in [0.2, 0.25) is 0 Å². The minimum absolute atomic E-state index is 0.399. The Labute approximate surface area is 141 Å². The Morgan fingerprint density at radius 3 is 2.71 bits per heavy atom. The van der Waals surface area contributed by atoms with Crippen LogP contribution in [0.15, 0.2) is 42.9 Å². The van der Waals surface area contributed by atoms with Crippen LogP contribution in [0.1, 0.15) is 49.6 Å². The third-order valence-corrected chi connectivity index (χ3v) is 4.69. The smallest absolute Gasteiger partial charge is 0.0878 e. The summed E-state index contributed by atoms with van der Waals surface area (Å²) in [7, 11) is 0. The summed E-state index contributed by atoms with van der Waals surface area (Å²) in [5, 5.41) is 1.18. The van der Waals surface area contributed by atoms with Crippen molar-refractivity contribution in [1.82, 2.24) is 19.9 Å². The number of hydrogen-bond donors (Lipinski definition) is 2. The third kappa shape index (κ3) is 2.68. The lowest BCUT2D eigenvalue weighted by molar-refractivity contribution is 0.744. The SMILES string of the molecule is CC(C)c1cc2[nH]c(CC(C)c3cnc4cc[nH]c4c3)cc2cn1. The monoisotopic (exact) mass is 318 g/mol. The van der Waals surface area contributed by atoms with E-state index in [1.54, 1.807) is 0 Å². The minimum Gasteiger partial charge on any atom is -0.360 e. The van der Waals surface area contributed by atoms with Crippen molar-refractivity contribution < 1.29 is 0 Å². The Morgan fingerprint density at radius 1 is 1.00 bits per heavy atom. The topological polar surface area (TPSA) is 57.4 Å². The van der Waals surface area contributed by atoms with Gasteiger partial charge < -0.3 is 9.97 Å². The number of aromatic nitrogens is 4. The van der Waals surface area contributed by atoms with Crippen molar-refractivity contribution in [3.63, 3.8) is 0 Å². The van der Waals surface area contributed by atoms with Gasteiger partial charge in [0.05, 0.1) is 11.0 Å². The Morgan fingerprint density at radius 2 is 1.88 bits per heavy atom. The fourth-order valence-electron chi connectivity index (χ4n) is 3.20. The van der Waals surface area contributed by atoms with Gasteiger partial charge in [-0.15, -0.1) is 0 Å². The van der Waals surface area contributed by atoms with Crippen molar-refractivity contribution in [2.45, 2.75) is 39.0 Å². The predicted octanol–water partition coefficient (Wildman–Crippen LogP) is 4.91. The van der Waals surface area contributed by atoms with E-state index in [0.717, 1.165) is 23.1 Å². The number of pyridine rings is 2. The summed E-state index contributed by atoms with van der Waals surface area (Å²) in [6.07, 6.45) is 6.85. The Hall–Kier alpha value is -2.62. The average Bonchev–Trinajstić information content (AvgIpc) is 3.18. The lowest BCUT2D eigenvalue weighted by Gasteiger charge is -2.10. The molecular formula is C20H22N4. The number of rotatable bonds is 4. The molecule has 0 bridgehead atoms. The molecule has 0 radical (unpaired) electrons. The van der Waals surface area contributed by atoms with Gasteiger partial charge in [-0.25, -0.2) is 0 Å². The molecule has 0 spiro atoms. The molecule has 0 aliphatic heterocycles. The van der Waals surface area contributed by atoms with Gasteiger partial charge in [0.15, 0.2) is 0 Å². The van der Waals surface area contributed by atoms with Crippen LogP contribution in [0.5, 0.6) is 0 Å². The molecule has 1 atom stereocenters. The molecule has 0 aromatic carbocycles. The molecule has 0 saturated heterocycles. The summed E-state index contributed by atoms with van der Waals surface area (Å²) >= 11 is 0. The van der Waals surface area contributed by atoms with E-state index in [9.17, 15) is 0 Å². The lowest BCUT2D eigenvalue weighted by atomic mass is 9.97. The second-order valence-corrected chi connectivity index (χ2v) is 6.93. The van der Waals surface area contributed by atoms with E-state index in [0.29, 0.717) is 11.8 Å². The molecule has 0 aliphatic carbocycles. The first-order chi connectivity index (χ1) is 11.6. The van der Waals surface area contributed by atoms with Gasteiger partial charge in [-0.05, 0) is 48.1 Å². The van der Waals surface area contributed by atoms with Gasteiger partial charge in [0.25, 0.3) is 0 Å². The van der Waals surface area contributed by atoms with Gasteiger partial charge in [-0.1, -0.05) is 20.8 Å². The number of H-pyrrole nitrogens is 2. The van der Waals surface area contributed by atoms with E-state index in [4.69, 9.17) is 0 Å². The standard InChI is InChI=1S/C20H22N4/c1-12(2)18-9-19-15(11-23-18)7-16(24-19)6-13(3)14-8-20-17(22-10-14)4-5-21-20/h4-5,7-13,21,24H,6H2,1-3H3. The van der Waals surface area contributed by atoms with E-state index in [-0.39, 0.29) is 0 Å². The highest BCUT2D eigenvalue weighted by molar-refractivity contribution is 5.80. The maximum Gasteiger partial charge on any atom is 0.0878 e. The van der Waals surface area contributed by atoms with Crippen molar-refractivity contribution in [3.05, 3.63) is 59.8 Å². The number of nitrogens with zero attached hydrogens (tertiary/aromatic N) is 2. The summed E-state index contributed by atoms with van der Waals surface area (Å²) in [5.74, 6) is 0.842. The highest BCUT2D eigenvalue weighted by Crippen LogP contribution is 2.25. The van der Waals surface area contributed by atoms with Crippen molar-refractivity contribution in [2.75, 3.05) is 0 Å². The molecule has 1 unspecified atom stereocenters. The summed E-state index contributed by atoms with van der Waals surface area (Å²) in [6.45, 7) is 6.59. The van der Waals surface area contributed by atoms with Crippen LogP contribution in [-0.2, 0) is 6.42 Å². The summed E-state index contributed by atoms with van der Waals surface area (Å²) in [5.41, 5.74) is 6.92. The number of nitrogens with one attached hydrogen (secondary N) is 2. The maximum atomic E-state index is 4.55. The molecule has 0 amide bonds. The van der Waals surface area contributed by atoms with E-state index >= 15 is 0 Å². The zero-order valence-electron chi connectivity index (χ0n) is 14.3. The normalized spacial score (nSPS) is 13.2. The van der Waals surface area contributed by atoms with Crippen LogP contribution < -0.4 is 0 Å². The molecule has 0 saturated carbocycles.